The molecule has 5 nitrogen and oxygen atoms in total. The molecular weight excluding hydrogens is 214 g/mol. The summed E-state index contributed by atoms with van der Waals surface area (Å²) < 4.78 is 21.4. The number of hydrogen-bond donors (Lipinski definition) is 1. The van der Waals surface area contributed by atoms with Crippen LogP contribution in [0.25, 0.3) is 4.98 Å². The molecule has 0 amide bonds. The zero-order valence-corrected chi connectivity index (χ0v) is 7.96. The predicted molar refractivity (Wildman–Crippen MR) is 42.6 cm³/mol. The quantitative estimate of drug-likeness (QED) is 0.545. The zero-order valence-electron chi connectivity index (χ0n) is 6.38. The van der Waals surface area contributed by atoms with Crippen LogP contribution in [0.2, 0.25) is 0 Å². The molecule has 0 aliphatic carbocycles. The Balaban J connectivity index is 0.00000144. The van der Waals surface area contributed by atoms with E-state index in [1.165, 1.54) is 24.3 Å². The Morgan fingerprint density at radius 1 is 1.23 bits per heavy atom. The molecule has 0 bridgehead atoms. The van der Waals surface area contributed by atoms with Crippen LogP contribution >= 0.6 is 0 Å². The number of primary sulfonamides is 1. The molecule has 70 valence electrons. The highest BCUT2D eigenvalue weighted by Crippen LogP contribution is 2.14. The minimum absolute atomic E-state index is 0. The Morgan fingerprint density at radius 2 is 1.69 bits per heavy atom. The molecule has 1 rings (SSSR count). The molecule has 0 radical (unpaired) electrons. The lowest BCUT2D eigenvalue weighted by Gasteiger charge is -1.92. The number of rotatable bonds is 1. The lowest BCUT2D eigenvalue weighted by atomic mass is 10.3. The number of nitrogens with two attached hydrogens (primary N) is 1. The van der Waals surface area contributed by atoms with Gasteiger partial charge in [-0.05, 0) is 12.1 Å². The van der Waals surface area contributed by atoms with Crippen molar-refractivity contribution in [2.75, 3.05) is 0 Å². The minimum Gasteiger partial charge on any atom is -1.00 e. The number of benzene rings is 1. The van der Waals surface area contributed by atoms with Gasteiger partial charge in [0.25, 0.3) is 0 Å². The van der Waals surface area contributed by atoms with E-state index >= 15 is 0 Å². The fourth-order valence-corrected chi connectivity index (χ4v) is 1.22. The fraction of sp³-hybridized carbons (Fsp3) is 0. The Morgan fingerprint density at radius 3 is 2.00 bits per heavy atom. The smallest absolute Gasteiger partial charge is 0.385 e. The van der Waals surface area contributed by atoms with Gasteiger partial charge in [0.05, 0.1) is 4.90 Å². The topological polar surface area (TPSA) is 88.3 Å². The normalized spacial score (nSPS) is 9.85. The second-order valence-corrected chi connectivity index (χ2v) is 3.70. The Hall–Kier alpha value is -1.16. The monoisotopic (exact) mass is 219 g/mol. The summed E-state index contributed by atoms with van der Waals surface area (Å²) >= 11 is 0. The van der Waals surface area contributed by atoms with E-state index in [0.29, 0.717) is 0 Å². The lowest BCUT2D eigenvalue weighted by Crippen LogP contribution is -3.00. The van der Waals surface area contributed by atoms with E-state index in [4.69, 9.17) is 10.5 Å². The number of nitrogens with zero attached hydrogens (tertiary/aromatic N) is 2. The summed E-state index contributed by atoms with van der Waals surface area (Å²) in [7, 11) is -3.65. The maximum atomic E-state index is 10.7. The van der Waals surface area contributed by atoms with Gasteiger partial charge in [0, 0.05) is 12.1 Å². The summed E-state index contributed by atoms with van der Waals surface area (Å²) in [6, 6.07) is 5.23. The number of sulfonamides is 1. The van der Waals surface area contributed by atoms with Gasteiger partial charge in [-0.25, -0.2) is 13.6 Å². The molecule has 0 aliphatic heterocycles. The molecule has 2 N–H and O–H groups in total. The molecular formula is C6H6ClN3O2S. The van der Waals surface area contributed by atoms with Crippen molar-refractivity contribution in [3.05, 3.63) is 29.2 Å². The molecule has 0 aromatic heterocycles. The van der Waals surface area contributed by atoms with Crippen molar-refractivity contribution in [1.29, 1.82) is 5.39 Å². The first-order chi connectivity index (χ1) is 5.54. The molecule has 0 heterocycles. The van der Waals surface area contributed by atoms with Gasteiger partial charge in [0.2, 0.25) is 15.4 Å². The van der Waals surface area contributed by atoms with Crippen molar-refractivity contribution in [3.63, 3.8) is 0 Å². The Labute approximate surface area is 81.6 Å². The highest BCUT2D eigenvalue weighted by atomic mass is 35.5. The molecule has 0 fully saturated rings. The van der Waals surface area contributed by atoms with E-state index in [9.17, 15) is 8.42 Å². The molecule has 0 spiro atoms. The van der Waals surface area contributed by atoms with Crippen molar-refractivity contribution < 1.29 is 20.8 Å². The van der Waals surface area contributed by atoms with Gasteiger partial charge >= 0.3 is 5.69 Å². The van der Waals surface area contributed by atoms with Crippen LogP contribution in [-0.2, 0) is 10.0 Å². The standard InChI is InChI=1S/C6H6N3O2S.ClH/c7-9-5-1-3-6(4-2-5)12(8,10)11;/h1-4H,(H2,8,10,11);1H/q+1;/p-1. The van der Waals surface area contributed by atoms with Crippen LogP contribution < -0.4 is 17.5 Å². The summed E-state index contributed by atoms with van der Waals surface area (Å²) in [5.41, 5.74) is 0.280. The van der Waals surface area contributed by atoms with Crippen molar-refractivity contribution in [3.8, 4) is 0 Å². The maximum absolute atomic E-state index is 10.7. The molecule has 0 aliphatic rings. The van der Waals surface area contributed by atoms with E-state index in [-0.39, 0.29) is 23.0 Å². The van der Waals surface area contributed by atoms with Crippen molar-refractivity contribution >= 4 is 15.7 Å². The number of hydrogen-bond acceptors (Lipinski definition) is 3. The molecule has 0 atom stereocenters. The highest BCUT2D eigenvalue weighted by molar-refractivity contribution is 7.89. The van der Waals surface area contributed by atoms with Crippen LogP contribution in [0.5, 0.6) is 0 Å². The van der Waals surface area contributed by atoms with E-state index in [2.05, 4.69) is 4.98 Å². The van der Waals surface area contributed by atoms with Crippen LogP contribution in [0.4, 0.5) is 5.69 Å². The molecule has 0 unspecified atom stereocenters. The van der Waals surface area contributed by atoms with E-state index in [1.807, 2.05) is 0 Å². The van der Waals surface area contributed by atoms with Gasteiger partial charge in [0.15, 0.2) is 4.98 Å². The van der Waals surface area contributed by atoms with Gasteiger partial charge < -0.3 is 12.4 Å². The third kappa shape index (κ3) is 2.99. The first kappa shape index (κ1) is 11.8. The lowest BCUT2D eigenvalue weighted by molar-refractivity contribution is -0.00000532. The predicted octanol–water partition coefficient (Wildman–Crippen LogP) is -2.18. The van der Waals surface area contributed by atoms with Crippen molar-refractivity contribution in [1.82, 2.24) is 0 Å². The van der Waals surface area contributed by atoms with Gasteiger partial charge in [-0.2, -0.15) is 0 Å². The average molecular weight is 220 g/mol. The minimum atomic E-state index is -3.65. The van der Waals surface area contributed by atoms with E-state index in [1.54, 1.807) is 0 Å². The molecule has 13 heavy (non-hydrogen) atoms. The first-order valence-corrected chi connectivity index (χ1v) is 4.56. The summed E-state index contributed by atoms with van der Waals surface area (Å²) in [5.74, 6) is 0. The summed E-state index contributed by atoms with van der Waals surface area (Å²) in [6.07, 6.45) is 0. The van der Waals surface area contributed by atoms with Crippen LogP contribution in [0.1, 0.15) is 0 Å². The van der Waals surface area contributed by atoms with E-state index < -0.39 is 10.0 Å². The van der Waals surface area contributed by atoms with Crippen LogP contribution in [0, 0.1) is 5.39 Å². The molecule has 0 saturated carbocycles. The van der Waals surface area contributed by atoms with Gasteiger partial charge in [0.1, 0.15) is 0 Å². The third-order valence-corrected chi connectivity index (χ3v) is 2.21. The van der Waals surface area contributed by atoms with Gasteiger partial charge in [-0.15, -0.1) is 0 Å². The summed E-state index contributed by atoms with van der Waals surface area (Å²) in [4.78, 5) is 2.85. The average Bonchev–Trinajstić information content (AvgIpc) is 2.03. The summed E-state index contributed by atoms with van der Waals surface area (Å²) in [5, 5.41) is 13.1. The second-order valence-electron chi connectivity index (χ2n) is 2.14. The molecule has 1 aromatic rings. The maximum Gasteiger partial charge on any atom is 0.385 e. The van der Waals surface area contributed by atoms with Crippen molar-refractivity contribution in [2.24, 2.45) is 5.14 Å². The Bertz CT molecular complexity index is 420. The molecule has 1 aromatic carbocycles. The second kappa shape index (κ2) is 4.18. The van der Waals surface area contributed by atoms with Gasteiger partial charge in [-0.1, -0.05) is 0 Å². The molecule has 7 heteroatoms. The fourth-order valence-electron chi connectivity index (χ4n) is 0.702. The van der Waals surface area contributed by atoms with Gasteiger partial charge in [-0.3, -0.25) is 0 Å². The number of halogens is 1. The van der Waals surface area contributed by atoms with Crippen molar-refractivity contribution in [2.45, 2.75) is 4.90 Å². The number of diazo groups is 1. The highest BCUT2D eigenvalue weighted by Gasteiger charge is 2.09. The SMILES string of the molecule is N#[N+]c1ccc(S(N)(=O)=O)cc1.[Cl-]. The Kier molecular flexibility index (Phi) is 3.81. The zero-order chi connectivity index (χ0) is 9.19. The first-order valence-electron chi connectivity index (χ1n) is 3.02. The van der Waals surface area contributed by atoms with Crippen LogP contribution in [0.3, 0.4) is 0 Å². The van der Waals surface area contributed by atoms with Crippen LogP contribution in [-0.4, -0.2) is 8.42 Å². The largest absolute Gasteiger partial charge is 1.00 e. The van der Waals surface area contributed by atoms with E-state index in [0.717, 1.165) is 0 Å². The third-order valence-electron chi connectivity index (χ3n) is 1.28. The van der Waals surface area contributed by atoms with Crippen LogP contribution in [0.15, 0.2) is 29.2 Å². The molecule has 0 saturated heterocycles. The summed E-state index contributed by atoms with van der Waals surface area (Å²) in [6.45, 7) is 0.